The number of carbonyl (C=O) groups is 1. The number of fused-ring (bicyclic) bond motifs is 2. The van der Waals surface area contributed by atoms with Crippen molar-refractivity contribution in [3.63, 3.8) is 0 Å². The molecule has 5 rings (SSSR count). The molecule has 0 atom stereocenters. The summed E-state index contributed by atoms with van der Waals surface area (Å²) in [6.07, 6.45) is 0.844. The molecule has 6 nitrogen and oxygen atoms in total. The summed E-state index contributed by atoms with van der Waals surface area (Å²) in [6.45, 7) is 6.87. The summed E-state index contributed by atoms with van der Waals surface area (Å²) >= 11 is 2.90. The van der Waals surface area contributed by atoms with Crippen LogP contribution in [0.5, 0.6) is 0 Å². The highest BCUT2D eigenvalue weighted by molar-refractivity contribution is 7.99. The average Bonchev–Trinajstić information content (AvgIpc) is 3.21. The van der Waals surface area contributed by atoms with Gasteiger partial charge in [-0.15, -0.1) is 11.3 Å². The Labute approximate surface area is 206 Å². The van der Waals surface area contributed by atoms with Crippen molar-refractivity contribution in [1.29, 1.82) is 0 Å². The lowest BCUT2D eigenvalue weighted by molar-refractivity contribution is 0.0368. The summed E-state index contributed by atoms with van der Waals surface area (Å²) in [5, 5.41) is 2.35. The van der Waals surface area contributed by atoms with Crippen LogP contribution in [0.1, 0.15) is 21.7 Å². The molecular formula is C26H27N3O3S2. The molecule has 2 aromatic carbocycles. The van der Waals surface area contributed by atoms with Crippen LogP contribution in [0.4, 0.5) is 0 Å². The van der Waals surface area contributed by atoms with Gasteiger partial charge in [0.25, 0.3) is 5.56 Å². The van der Waals surface area contributed by atoms with Crippen LogP contribution in [0, 0.1) is 6.92 Å². The molecule has 0 radical (unpaired) electrons. The first-order valence-corrected chi connectivity index (χ1v) is 13.4. The zero-order valence-corrected chi connectivity index (χ0v) is 20.8. The number of ketones is 1. The maximum atomic E-state index is 13.3. The third-order valence-electron chi connectivity index (χ3n) is 6.22. The number of hydrogen-bond acceptors (Lipinski definition) is 7. The van der Waals surface area contributed by atoms with Gasteiger partial charge in [0, 0.05) is 30.9 Å². The van der Waals surface area contributed by atoms with Crippen molar-refractivity contribution in [2.24, 2.45) is 0 Å². The Balaban J connectivity index is 1.37. The Kier molecular flexibility index (Phi) is 7.10. The zero-order chi connectivity index (χ0) is 23.5. The third-order valence-corrected chi connectivity index (χ3v) is 8.51. The molecule has 3 heterocycles. The number of para-hydroxylation sites is 1. The van der Waals surface area contributed by atoms with E-state index in [-0.39, 0.29) is 17.1 Å². The number of morpholine rings is 1. The minimum absolute atomic E-state index is 0.0411. The van der Waals surface area contributed by atoms with Gasteiger partial charge >= 0.3 is 0 Å². The first-order valence-electron chi connectivity index (χ1n) is 11.6. The van der Waals surface area contributed by atoms with Crippen molar-refractivity contribution in [2.45, 2.75) is 25.0 Å². The molecule has 0 saturated carbocycles. The second-order valence-electron chi connectivity index (χ2n) is 8.44. The van der Waals surface area contributed by atoms with Crippen LogP contribution < -0.4 is 5.56 Å². The average molecular weight is 494 g/mol. The van der Waals surface area contributed by atoms with E-state index in [0.717, 1.165) is 59.8 Å². The fourth-order valence-corrected chi connectivity index (χ4v) is 6.50. The number of Topliss-reactive ketones (excluding diaryl/α,β-unsaturated/α-hetero) is 1. The zero-order valence-electron chi connectivity index (χ0n) is 19.2. The van der Waals surface area contributed by atoms with E-state index in [4.69, 9.17) is 9.72 Å². The second kappa shape index (κ2) is 10.4. The molecule has 176 valence electrons. The molecule has 1 saturated heterocycles. The van der Waals surface area contributed by atoms with E-state index in [1.165, 1.54) is 23.1 Å². The Morgan fingerprint density at radius 2 is 1.79 bits per heavy atom. The van der Waals surface area contributed by atoms with Crippen LogP contribution >= 0.6 is 23.1 Å². The summed E-state index contributed by atoms with van der Waals surface area (Å²) in [6, 6.07) is 15.5. The quantitative estimate of drug-likeness (QED) is 0.203. The predicted molar refractivity (Wildman–Crippen MR) is 139 cm³/mol. The number of benzene rings is 2. The summed E-state index contributed by atoms with van der Waals surface area (Å²) < 4.78 is 8.30. The molecule has 0 bridgehead atoms. The van der Waals surface area contributed by atoms with Gasteiger partial charge in [0.15, 0.2) is 10.9 Å². The van der Waals surface area contributed by atoms with E-state index >= 15 is 0 Å². The van der Waals surface area contributed by atoms with Gasteiger partial charge in [0.05, 0.1) is 34.7 Å². The minimum Gasteiger partial charge on any atom is -0.379 e. The summed E-state index contributed by atoms with van der Waals surface area (Å²) in [7, 11) is 0. The molecule has 0 aliphatic carbocycles. The lowest BCUT2D eigenvalue weighted by Gasteiger charge is -2.26. The lowest BCUT2D eigenvalue weighted by atomic mass is 10.1. The van der Waals surface area contributed by atoms with Crippen LogP contribution in [0.25, 0.3) is 21.0 Å². The van der Waals surface area contributed by atoms with E-state index < -0.39 is 0 Å². The molecule has 0 amide bonds. The molecule has 0 N–H and O–H groups in total. The molecule has 34 heavy (non-hydrogen) atoms. The number of carbonyl (C=O) groups excluding carboxylic acids is 1. The number of rotatable bonds is 8. The molecule has 1 aliphatic heterocycles. The van der Waals surface area contributed by atoms with Gasteiger partial charge in [-0.05, 0) is 42.5 Å². The smallest absolute Gasteiger partial charge is 0.262 e. The normalized spacial score (nSPS) is 14.7. The number of aromatic nitrogens is 2. The number of nitrogens with zero attached hydrogens (tertiary/aromatic N) is 3. The molecule has 2 aromatic heterocycles. The second-order valence-corrected chi connectivity index (χ2v) is 10.4. The Morgan fingerprint density at radius 3 is 2.59 bits per heavy atom. The largest absolute Gasteiger partial charge is 0.379 e. The van der Waals surface area contributed by atoms with E-state index in [1.807, 2.05) is 49.4 Å². The van der Waals surface area contributed by atoms with Crippen molar-refractivity contribution in [1.82, 2.24) is 14.5 Å². The van der Waals surface area contributed by atoms with Crippen molar-refractivity contribution >= 4 is 49.9 Å². The number of thiophene rings is 1. The highest BCUT2D eigenvalue weighted by Crippen LogP contribution is 2.32. The fourth-order valence-electron chi connectivity index (χ4n) is 4.37. The maximum absolute atomic E-state index is 13.3. The summed E-state index contributed by atoms with van der Waals surface area (Å²) in [5.74, 6) is 0.327. The SMILES string of the molecule is Cc1c(C(=O)CSc2nc3ccccc3c(=O)n2CCCN2CCOCC2)sc2ccccc12. The highest BCUT2D eigenvalue weighted by Gasteiger charge is 2.18. The molecule has 4 aromatic rings. The maximum Gasteiger partial charge on any atom is 0.262 e. The first kappa shape index (κ1) is 23.2. The van der Waals surface area contributed by atoms with Crippen LogP contribution in [-0.2, 0) is 11.3 Å². The van der Waals surface area contributed by atoms with Gasteiger partial charge in [-0.25, -0.2) is 4.98 Å². The van der Waals surface area contributed by atoms with Crippen LogP contribution in [0.2, 0.25) is 0 Å². The number of ether oxygens (including phenoxy) is 1. The predicted octanol–water partition coefficient (Wildman–Crippen LogP) is 4.62. The van der Waals surface area contributed by atoms with Gasteiger partial charge in [0.1, 0.15) is 0 Å². The number of hydrogen-bond donors (Lipinski definition) is 0. The molecule has 1 aliphatic rings. The molecule has 8 heteroatoms. The first-order chi connectivity index (χ1) is 16.6. The molecular weight excluding hydrogens is 466 g/mol. The fraction of sp³-hybridized carbons (Fsp3) is 0.346. The van der Waals surface area contributed by atoms with Crippen LogP contribution in [0.3, 0.4) is 0 Å². The van der Waals surface area contributed by atoms with Gasteiger partial charge in [0.2, 0.25) is 0 Å². The Hall–Kier alpha value is -2.52. The van der Waals surface area contributed by atoms with Crippen molar-refractivity contribution in [2.75, 3.05) is 38.6 Å². The topological polar surface area (TPSA) is 64.4 Å². The molecule has 0 unspecified atom stereocenters. The Morgan fingerprint density at radius 1 is 1.06 bits per heavy atom. The number of thioether (sulfide) groups is 1. The minimum atomic E-state index is -0.0411. The van der Waals surface area contributed by atoms with Crippen molar-refractivity contribution < 1.29 is 9.53 Å². The summed E-state index contributed by atoms with van der Waals surface area (Å²) in [5.41, 5.74) is 1.66. The Bertz CT molecular complexity index is 1390. The van der Waals surface area contributed by atoms with Gasteiger partial charge in [-0.2, -0.15) is 0 Å². The lowest BCUT2D eigenvalue weighted by Crippen LogP contribution is -2.37. The van der Waals surface area contributed by atoms with Crippen molar-refractivity contribution in [3.05, 3.63) is 69.3 Å². The van der Waals surface area contributed by atoms with E-state index in [9.17, 15) is 9.59 Å². The van der Waals surface area contributed by atoms with Crippen LogP contribution in [0.15, 0.2) is 58.5 Å². The van der Waals surface area contributed by atoms with Gasteiger partial charge < -0.3 is 4.74 Å². The number of aryl methyl sites for hydroxylation is 1. The molecule has 0 spiro atoms. The standard InChI is InChI=1S/C26H27N3O3S2/c1-18-19-7-3-5-10-23(19)34-24(18)22(30)17-33-26-27-21-9-4-2-8-20(21)25(31)29(26)12-6-11-28-13-15-32-16-14-28/h2-5,7-10H,6,11-17H2,1H3. The monoisotopic (exact) mass is 493 g/mol. The van der Waals surface area contributed by atoms with E-state index in [2.05, 4.69) is 11.0 Å². The van der Waals surface area contributed by atoms with Crippen LogP contribution in [-0.4, -0.2) is 58.8 Å². The van der Waals surface area contributed by atoms with E-state index in [0.29, 0.717) is 22.6 Å². The van der Waals surface area contributed by atoms with Gasteiger partial charge in [-0.3, -0.25) is 19.1 Å². The van der Waals surface area contributed by atoms with E-state index in [1.54, 1.807) is 4.57 Å². The van der Waals surface area contributed by atoms with Gasteiger partial charge in [-0.1, -0.05) is 42.1 Å². The highest BCUT2D eigenvalue weighted by atomic mass is 32.2. The summed E-state index contributed by atoms with van der Waals surface area (Å²) in [4.78, 5) is 34.4. The molecule has 1 fully saturated rings. The van der Waals surface area contributed by atoms with Crippen molar-refractivity contribution in [3.8, 4) is 0 Å². The third kappa shape index (κ3) is 4.81.